The van der Waals surface area contributed by atoms with Crippen molar-refractivity contribution in [3.8, 4) is 17.4 Å². The fraction of sp³-hybridized carbons (Fsp3) is 0.0455. The lowest BCUT2D eigenvalue weighted by atomic mass is 10.2. The lowest BCUT2D eigenvalue weighted by Crippen LogP contribution is -2.11. The van der Waals surface area contributed by atoms with Gasteiger partial charge in [-0.1, -0.05) is 0 Å². The SMILES string of the molecule is Cc1nc(Oc2ccc(NC(=O)c3ccc(F)cc3)cc2)cc(-n2cccc2)n1. The van der Waals surface area contributed by atoms with E-state index in [4.69, 9.17) is 4.74 Å². The first-order chi connectivity index (χ1) is 14.1. The molecule has 0 aliphatic heterocycles. The molecule has 144 valence electrons. The number of amides is 1. The van der Waals surface area contributed by atoms with Gasteiger partial charge in [0.1, 0.15) is 23.2 Å². The van der Waals surface area contributed by atoms with Crippen molar-refractivity contribution in [2.75, 3.05) is 5.32 Å². The lowest BCUT2D eigenvalue weighted by Gasteiger charge is -2.10. The molecule has 0 saturated carbocycles. The van der Waals surface area contributed by atoms with Crippen LogP contribution in [0, 0.1) is 12.7 Å². The van der Waals surface area contributed by atoms with Gasteiger partial charge in [-0.05, 0) is 67.6 Å². The highest BCUT2D eigenvalue weighted by atomic mass is 19.1. The number of aromatic nitrogens is 3. The summed E-state index contributed by atoms with van der Waals surface area (Å²) in [5.41, 5.74) is 0.972. The molecule has 4 aromatic rings. The number of rotatable bonds is 5. The summed E-state index contributed by atoms with van der Waals surface area (Å²) in [6, 6.07) is 17.8. The van der Waals surface area contributed by atoms with Crippen LogP contribution in [-0.4, -0.2) is 20.4 Å². The number of carbonyl (C=O) groups excluding carboxylic acids is 1. The van der Waals surface area contributed by atoms with Crippen LogP contribution in [0.5, 0.6) is 11.6 Å². The molecule has 0 atom stereocenters. The van der Waals surface area contributed by atoms with Crippen molar-refractivity contribution in [2.24, 2.45) is 0 Å². The van der Waals surface area contributed by atoms with E-state index in [1.165, 1.54) is 24.3 Å². The lowest BCUT2D eigenvalue weighted by molar-refractivity contribution is 0.102. The van der Waals surface area contributed by atoms with Crippen molar-refractivity contribution in [3.63, 3.8) is 0 Å². The van der Waals surface area contributed by atoms with E-state index < -0.39 is 0 Å². The molecular formula is C22H17FN4O2. The molecule has 0 fully saturated rings. The summed E-state index contributed by atoms with van der Waals surface area (Å²) in [6.45, 7) is 1.80. The minimum atomic E-state index is -0.386. The molecule has 29 heavy (non-hydrogen) atoms. The van der Waals surface area contributed by atoms with Crippen molar-refractivity contribution in [3.05, 3.63) is 96.3 Å². The van der Waals surface area contributed by atoms with E-state index in [9.17, 15) is 9.18 Å². The molecule has 1 amide bonds. The van der Waals surface area contributed by atoms with E-state index in [0.29, 0.717) is 34.5 Å². The Labute approximate surface area is 166 Å². The van der Waals surface area contributed by atoms with Crippen LogP contribution in [0.4, 0.5) is 10.1 Å². The maximum Gasteiger partial charge on any atom is 0.255 e. The quantitative estimate of drug-likeness (QED) is 0.535. The summed E-state index contributed by atoms with van der Waals surface area (Å²) in [4.78, 5) is 20.9. The fourth-order valence-electron chi connectivity index (χ4n) is 2.73. The maximum atomic E-state index is 13.0. The third kappa shape index (κ3) is 4.47. The van der Waals surface area contributed by atoms with E-state index >= 15 is 0 Å². The van der Waals surface area contributed by atoms with E-state index in [-0.39, 0.29) is 11.7 Å². The zero-order valence-electron chi connectivity index (χ0n) is 15.5. The van der Waals surface area contributed by atoms with Crippen LogP contribution >= 0.6 is 0 Å². The van der Waals surface area contributed by atoms with Crippen molar-refractivity contribution in [2.45, 2.75) is 6.92 Å². The summed E-state index contributed by atoms with van der Waals surface area (Å²) in [5, 5.41) is 2.76. The van der Waals surface area contributed by atoms with Crippen LogP contribution in [0.1, 0.15) is 16.2 Å². The zero-order valence-corrected chi connectivity index (χ0v) is 15.5. The Balaban J connectivity index is 1.46. The molecule has 0 radical (unpaired) electrons. The first kappa shape index (κ1) is 18.4. The Morgan fingerprint density at radius 1 is 1.00 bits per heavy atom. The highest BCUT2D eigenvalue weighted by Crippen LogP contribution is 2.23. The van der Waals surface area contributed by atoms with Gasteiger partial charge in [-0.3, -0.25) is 4.79 Å². The molecule has 4 rings (SSSR count). The summed E-state index contributed by atoms with van der Waals surface area (Å²) in [5.74, 6) is 1.59. The van der Waals surface area contributed by atoms with Crippen LogP contribution in [0.3, 0.4) is 0 Å². The molecule has 0 aliphatic carbocycles. The number of aryl methyl sites for hydroxylation is 1. The largest absolute Gasteiger partial charge is 0.439 e. The molecule has 2 aromatic heterocycles. The molecule has 2 aromatic carbocycles. The Bertz CT molecular complexity index is 1120. The fourth-order valence-corrected chi connectivity index (χ4v) is 2.73. The minimum absolute atomic E-state index is 0.318. The Morgan fingerprint density at radius 2 is 1.69 bits per heavy atom. The van der Waals surface area contributed by atoms with Crippen molar-refractivity contribution in [1.82, 2.24) is 14.5 Å². The minimum Gasteiger partial charge on any atom is -0.439 e. The summed E-state index contributed by atoms with van der Waals surface area (Å²) in [6.07, 6.45) is 3.79. The molecule has 0 spiro atoms. The van der Waals surface area contributed by atoms with Gasteiger partial charge in [0.2, 0.25) is 5.88 Å². The molecule has 2 heterocycles. The van der Waals surface area contributed by atoms with E-state index in [1.54, 1.807) is 37.3 Å². The highest BCUT2D eigenvalue weighted by Gasteiger charge is 2.08. The van der Waals surface area contributed by atoms with E-state index in [0.717, 1.165) is 0 Å². The predicted octanol–water partition coefficient (Wildman–Crippen LogP) is 4.76. The highest BCUT2D eigenvalue weighted by molar-refractivity contribution is 6.04. The molecule has 0 bridgehead atoms. The normalized spacial score (nSPS) is 10.6. The average molecular weight is 388 g/mol. The summed E-state index contributed by atoms with van der Waals surface area (Å²) >= 11 is 0. The third-order valence-corrected chi connectivity index (χ3v) is 4.11. The molecular weight excluding hydrogens is 371 g/mol. The van der Waals surface area contributed by atoms with Gasteiger partial charge >= 0.3 is 0 Å². The number of ether oxygens (including phenoxy) is 1. The molecule has 0 unspecified atom stereocenters. The number of nitrogens with zero attached hydrogens (tertiary/aromatic N) is 3. The number of anilines is 1. The number of carbonyl (C=O) groups is 1. The molecule has 6 nitrogen and oxygen atoms in total. The Morgan fingerprint density at radius 3 is 2.38 bits per heavy atom. The van der Waals surface area contributed by atoms with Crippen LogP contribution in [0.15, 0.2) is 79.1 Å². The van der Waals surface area contributed by atoms with Gasteiger partial charge in [-0.15, -0.1) is 0 Å². The molecule has 7 heteroatoms. The zero-order chi connectivity index (χ0) is 20.2. The molecule has 1 N–H and O–H groups in total. The van der Waals surface area contributed by atoms with E-state index in [2.05, 4.69) is 15.3 Å². The third-order valence-electron chi connectivity index (χ3n) is 4.11. The Kier molecular flexibility index (Phi) is 5.03. The van der Waals surface area contributed by atoms with Crippen LogP contribution in [0.25, 0.3) is 5.82 Å². The van der Waals surface area contributed by atoms with Crippen LogP contribution < -0.4 is 10.1 Å². The van der Waals surface area contributed by atoms with Gasteiger partial charge in [0.25, 0.3) is 5.91 Å². The number of hydrogen-bond donors (Lipinski definition) is 1. The number of benzene rings is 2. The first-order valence-corrected chi connectivity index (χ1v) is 8.91. The topological polar surface area (TPSA) is 69.0 Å². The maximum absolute atomic E-state index is 13.0. The Hall–Kier alpha value is -4.00. The number of halogens is 1. The smallest absolute Gasteiger partial charge is 0.255 e. The van der Waals surface area contributed by atoms with Gasteiger partial charge in [-0.25, -0.2) is 9.37 Å². The average Bonchev–Trinajstić information content (AvgIpc) is 3.24. The van der Waals surface area contributed by atoms with E-state index in [1.807, 2.05) is 29.1 Å². The van der Waals surface area contributed by atoms with Gasteiger partial charge in [-0.2, -0.15) is 4.98 Å². The molecule has 0 aliphatic rings. The van der Waals surface area contributed by atoms with Gasteiger partial charge in [0.05, 0.1) is 0 Å². The van der Waals surface area contributed by atoms with Crippen molar-refractivity contribution >= 4 is 11.6 Å². The second kappa shape index (κ2) is 7.93. The van der Waals surface area contributed by atoms with Crippen molar-refractivity contribution in [1.29, 1.82) is 0 Å². The number of hydrogen-bond acceptors (Lipinski definition) is 4. The summed E-state index contributed by atoms with van der Waals surface area (Å²) in [7, 11) is 0. The second-order valence-electron chi connectivity index (χ2n) is 6.29. The van der Waals surface area contributed by atoms with Crippen LogP contribution in [0.2, 0.25) is 0 Å². The standard InChI is InChI=1S/C22H17FN4O2/c1-15-24-20(27-12-2-3-13-27)14-21(25-15)29-19-10-8-18(9-11-19)26-22(28)16-4-6-17(23)7-5-16/h2-14H,1H3,(H,26,28). The summed E-state index contributed by atoms with van der Waals surface area (Å²) < 4.78 is 20.7. The van der Waals surface area contributed by atoms with Gasteiger partial charge in [0, 0.05) is 29.7 Å². The second-order valence-corrected chi connectivity index (χ2v) is 6.29. The van der Waals surface area contributed by atoms with Gasteiger partial charge in [0.15, 0.2) is 0 Å². The first-order valence-electron chi connectivity index (χ1n) is 8.91. The number of nitrogens with one attached hydrogen (secondary N) is 1. The molecule has 0 saturated heterocycles. The van der Waals surface area contributed by atoms with Crippen molar-refractivity contribution < 1.29 is 13.9 Å². The van der Waals surface area contributed by atoms with Gasteiger partial charge < -0.3 is 14.6 Å². The predicted molar refractivity (Wildman–Crippen MR) is 107 cm³/mol. The monoisotopic (exact) mass is 388 g/mol. The van der Waals surface area contributed by atoms with Crippen LogP contribution in [-0.2, 0) is 0 Å².